The highest BCUT2D eigenvalue weighted by molar-refractivity contribution is 7.89. The van der Waals surface area contributed by atoms with Gasteiger partial charge in [-0.3, -0.25) is 0 Å². The second kappa shape index (κ2) is 7.72. The summed E-state index contributed by atoms with van der Waals surface area (Å²) in [7, 11) is -3.53. The van der Waals surface area contributed by atoms with Crippen molar-refractivity contribution in [3.05, 3.63) is 59.7 Å². The van der Waals surface area contributed by atoms with Gasteiger partial charge in [-0.05, 0) is 31.2 Å². The van der Waals surface area contributed by atoms with Crippen molar-refractivity contribution in [1.82, 2.24) is 4.72 Å². The van der Waals surface area contributed by atoms with E-state index in [1.807, 2.05) is 43.3 Å². The molecule has 0 saturated heterocycles. The maximum atomic E-state index is 12.9. The van der Waals surface area contributed by atoms with Gasteiger partial charge in [-0.15, -0.1) is 0 Å². The Balaban J connectivity index is 2.41. The van der Waals surface area contributed by atoms with Crippen LogP contribution in [-0.4, -0.2) is 23.6 Å². The number of ether oxygens (including phenoxy) is 1. The number of hydrogen-bond donors (Lipinski definition) is 1. The third-order valence-electron chi connectivity index (χ3n) is 3.96. The van der Waals surface area contributed by atoms with Gasteiger partial charge in [0.15, 0.2) is 0 Å². The second-order valence-corrected chi connectivity index (χ2v) is 14.7. The fourth-order valence-corrected chi connectivity index (χ4v) is 5.66. The summed E-state index contributed by atoms with van der Waals surface area (Å²) in [6.45, 7) is 8.63. The van der Waals surface area contributed by atoms with Crippen molar-refractivity contribution in [1.29, 1.82) is 0 Å². The van der Waals surface area contributed by atoms with E-state index in [0.717, 1.165) is 17.2 Å². The second-order valence-electron chi connectivity index (χ2n) is 7.49. The van der Waals surface area contributed by atoms with Crippen LogP contribution < -0.4 is 9.46 Å². The first-order valence-electron chi connectivity index (χ1n) is 8.34. The van der Waals surface area contributed by atoms with Gasteiger partial charge in [0.1, 0.15) is 5.75 Å². The van der Waals surface area contributed by atoms with Gasteiger partial charge in [0, 0.05) is 19.7 Å². The molecule has 0 spiro atoms. The van der Waals surface area contributed by atoms with Gasteiger partial charge in [0.25, 0.3) is 0 Å². The van der Waals surface area contributed by atoms with Crippen LogP contribution in [0.2, 0.25) is 25.7 Å². The van der Waals surface area contributed by atoms with E-state index < -0.39 is 18.1 Å². The molecule has 6 heteroatoms. The highest BCUT2D eigenvalue weighted by Gasteiger charge is 2.28. The smallest absolute Gasteiger partial charge is 0.241 e. The molecule has 0 aliphatic carbocycles. The number of rotatable bonds is 7. The van der Waals surface area contributed by atoms with E-state index in [0.29, 0.717) is 5.75 Å². The summed E-state index contributed by atoms with van der Waals surface area (Å²) in [5, 5.41) is 0. The minimum absolute atomic E-state index is 0.286. The largest absolute Gasteiger partial charge is 0.496 e. The number of aryl methyl sites for hydroxylation is 1. The molecule has 1 unspecified atom stereocenters. The highest BCUT2D eigenvalue weighted by Crippen LogP contribution is 2.32. The van der Waals surface area contributed by atoms with Gasteiger partial charge < -0.3 is 4.74 Å². The molecule has 0 aromatic heterocycles. The van der Waals surface area contributed by atoms with Crippen LogP contribution in [0.15, 0.2) is 53.4 Å². The summed E-state index contributed by atoms with van der Waals surface area (Å²) in [6, 6.07) is 15.0. The summed E-state index contributed by atoms with van der Waals surface area (Å²) < 4.78 is 34.1. The Bertz CT molecular complexity index is 811. The number of para-hydroxylation sites is 1. The third-order valence-corrected chi connectivity index (χ3v) is 7.08. The number of hydrogen-bond acceptors (Lipinski definition) is 3. The van der Waals surface area contributed by atoms with E-state index >= 15 is 0 Å². The molecule has 2 aromatic rings. The fourth-order valence-electron chi connectivity index (χ4n) is 2.75. The standard InChI is InChI=1S/C19H27NO3SSi/c1-15-10-12-16(13-11-15)24(21,22)20-18(14-25(3,4)5)17-8-6-7-9-19(17)23-2/h6-13,18,20H,14H2,1-5H3. The van der Waals surface area contributed by atoms with Crippen LogP contribution in [0.4, 0.5) is 0 Å². The fraction of sp³-hybridized carbons (Fsp3) is 0.368. The maximum Gasteiger partial charge on any atom is 0.241 e. The molecule has 0 bridgehead atoms. The zero-order valence-electron chi connectivity index (χ0n) is 15.5. The van der Waals surface area contributed by atoms with E-state index in [9.17, 15) is 8.42 Å². The first-order chi connectivity index (χ1) is 11.6. The summed E-state index contributed by atoms with van der Waals surface area (Å²) in [5.41, 5.74) is 1.91. The average Bonchev–Trinajstić information content (AvgIpc) is 2.53. The molecule has 1 atom stereocenters. The van der Waals surface area contributed by atoms with Gasteiger partial charge in [-0.1, -0.05) is 55.5 Å². The quantitative estimate of drug-likeness (QED) is 0.729. The van der Waals surface area contributed by atoms with Crippen molar-refractivity contribution in [2.45, 2.75) is 43.5 Å². The van der Waals surface area contributed by atoms with Crippen molar-refractivity contribution >= 4 is 18.1 Å². The normalized spacial score (nSPS) is 13.5. The number of nitrogens with one attached hydrogen (secondary N) is 1. The van der Waals surface area contributed by atoms with Gasteiger partial charge in [0.2, 0.25) is 10.0 Å². The Hall–Kier alpha value is -1.63. The SMILES string of the molecule is COc1ccccc1C(C[Si](C)(C)C)NS(=O)(=O)c1ccc(C)cc1. The molecule has 0 aliphatic rings. The van der Waals surface area contributed by atoms with Crippen LogP contribution in [0.5, 0.6) is 5.75 Å². The van der Waals surface area contributed by atoms with Crippen LogP contribution in [0.3, 0.4) is 0 Å². The van der Waals surface area contributed by atoms with Crippen molar-refractivity contribution in [2.24, 2.45) is 0 Å². The van der Waals surface area contributed by atoms with Crippen molar-refractivity contribution < 1.29 is 13.2 Å². The summed E-state index contributed by atoms with van der Waals surface area (Å²) in [5.74, 6) is 0.706. The van der Waals surface area contributed by atoms with Crippen molar-refractivity contribution in [3.63, 3.8) is 0 Å². The minimum Gasteiger partial charge on any atom is -0.496 e. The number of sulfonamides is 1. The van der Waals surface area contributed by atoms with Crippen molar-refractivity contribution in [2.75, 3.05) is 7.11 Å². The van der Waals surface area contributed by atoms with Crippen LogP contribution >= 0.6 is 0 Å². The summed E-state index contributed by atoms with van der Waals surface area (Å²) in [6.07, 6.45) is 0. The highest BCUT2D eigenvalue weighted by atomic mass is 32.2. The van der Waals surface area contributed by atoms with Crippen LogP contribution in [-0.2, 0) is 10.0 Å². The predicted molar refractivity (Wildman–Crippen MR) is 105 cm³/mol. The average molecular weight is 378 g/mol. The van der Waals surface area contributed by atoms with E-state index in [4.69, 9.17) is 4.74 Å². The van der Waals surface area contributed by atoms with E-state index in [2.05, 4.69) is 24.4 Å². The monoisotopic (exact) mass is 377 g/mol. The van der Waals surface area contributed by atoms with Gasteiger partial charge >= 0.3 is 0 Å². The number of methoxy groups -OCH3 is 1. The zero-order valence-corrected chi connectivity index (χ0v) is 17.4. The molecule has 2 rings (SSSR count). The molecular formula is C19H27NO3SSi. The molecule has 1 N–H and O–H groups in total. The molecule has 2 aromatic carbocycles. The van der Waals surface area contributed by atoms with E-state index in [1.54, 1.807) is 19.2 Å². The Labute approximate surface area is 152 Å². The zero-order chi connectivity index (χ0) is 18.7. The Kier molecular flexibility index (Phi) is 6.08. The van der Waals surface area contributed by atoms with Crippen LogP contribution in [0.25, 0.3) is 0 Å². The molecule has 136 valence electrons. The summed E-state index contributed by atoms with van der Waals surface area (Å²) in [4.78, 5) is 0.286. The molecule has 0 radical (unpaired) electrons. The first-order valence-corrected chi connectivity index (χ1v) is 13.5. The molecule has 0 heterocycles. The summed E-state index contributed by atoms with van der Waals surface area (Å²) >= 11 is 0. The van der Waals surface area contributed by atoms with E-state index in [-0.39, 0.29) is 10.9 Å². The Morgan fingerprint density at radius 2 is 1.64 bits per heavy atom. The lowest BCUT2D eigenvalue weighted by molar-refractivity contribution is 0.405. The number of benzene rings is 2. The minimum atomic E-state index is -3.61. The molecule has 0 fully saturated rings. The molecule has 4 nitrogen and oxygen atoms in total. The lowest BCUT2D eigenvalue weighted by Gasteiger charge is -2.27. The Morgan fingerprint density at radius 3 is 2.20 bits per heavy atom. The molecule has 0 aliphatic heterocycles. The van der Waals surface area contributed by atoms with Gasteiger partial charge in [0.05, 0.1) is 12.0 Å². The van der Waals surface area contributed by atoms with E-state index in [1.165, 1.54) is 0 Å². The van der Waals surface area contributed by atoms with Gasteiger partial charge in [-0.2, -0.15) is 0 Å². The topological polar surface area (TPSA) is 55.4 Å². The lowest BCUT2D eigenvalue weighted by atomic mass is 10.1. The van der Waals surface area contributed by atoms with Crippen LogP contribution in [0.1, 0.15) is 17.2 Å². The molecular weight excluding hydrogens is 350 g/mol. The third kappa shape index (κ3) is 5.42. The van der Waals surface area contributed by atoms with Crippen molar-refractivity contribution in [3.8, 4) is 5.75 Å². The predicted octanol–water partition coefficient (Wildman–Crippen LogP) is 4.36. The van der Waals surface area contributed by atoms with Crippen LogP contribution in [0, 0.1) is 6.92 Å². The lowest BCUT2D eigenvalue weighted by Crippen LogP contribution is -2.34. The molecule has 0 amide bonds. The molecule has 0 saturated carbocycles. The van der Waals surface area contributed by atoms with Gasteiger partial charge in [-0.25, -0.2) is 13.1 Å². The Morgan fingerprint density at radius 1 is 1.04 bits per heavy atom. The maximum absolute atomic E-state index is 12.9. The first kappa shape index (κ1) is 19.7. The molecule has 25 heavy (non-hydrogen) atoms.